The first-order valence-electron chi connectivity index (χ1n) is 9.39. The van der Waals surface area contributed by atoms with Crippen LogP contribution in [0.25, 0.3) is 11.3 Å². The lowest BCUT2D eigenvalue weighted by Gasteiger charge is -2.06. The monoisotopic (exact) mass is 366 g/mol. The normalized spacial score (nSPS) is 10.4. The molecule has 0 bridgehead atoms. The van der Waals surface area contributed by atoms with Crippen molar-refractivity contribution in [2.75, 3.05) is 13.7 Å². The number of ether oxygens (including phenoxy) is 1. The van der Waals surface area contributed by atoms with Gasteiger partial charge in [-0.05, 0) is 37.6 Å². The summed E-state index contributed by atoms with van der Waals surface area (Å²) < 4.78 is 7.63. The van der Waals surface area contributed by atoms with E-state index in [4.69, 9.17) is 4.74 Å². The van der Waals surface area contributed by atoms with E-state index in [2.05, 4.69) is 73.2 Å². The number of hydrogen-bond acceptors (Lipinski definition) is 4. The van der Waals surface area contributed by atoms with Gasteiger partial charge in [-0.2, -0.15) is 0 Å². The smallest absolute Gasteiger partial charge is 0.119 e. The molecule has 1 heterocycles. The summed E-state index contributed by atoms with van der Waals surface area (Å²) in [6.45, 7) is 7.93. The molecule has 3 rings (SSSR count). The van der Waals surface area contributed by atoms with Gasteiger partial charge < -0.3 is 10.5 Å². The Bertz CT molecular complexity index is 792. The molecule has 144 valence electrons. The molecule has 27 heavy (non-hydrogen) atoms. The number of nitrogens with zero attached hydrogens (tertiary/aromatic N) is 3. The van der Waals surface area contributed by atoms with Gasteiger partial charge in [0.1, 0.15) is 11.4 Å². The summed E-state index contributed by atoms with van der Waals surface area (Å²) in [6, 6.07) is 16.7. The van der Waals surface area contributed by atoms with Crippen molar-refractivity contribution in [3.63, 3.8) is 0 Å². The van der Waals surface area contributed by atoms with Crippen LogP contribution in [0.5, 0.6) is 5.75 Å². The van der Waals surface area contributed by atoms with Crippen LogP contribution < -0.4 is 10.5 Å². The molecular weight excluding hydrogens is 336 g/mol. The molecule has 0 aliphatic heterocycles. The highest BCUT2D eigenvalue weighted by Crippen LogP contribution is 2.20. The maximum Gasteiger partial charge on any atom is 0.119 e. The molecule has 0 aliphatic rings. The van der Waals surface area contributed by atoms with Gasteiger partial charge in [-0.25, -0.2) is 0 Å². The summed E-state index contributed by atoms with van der Waals surface area (Å²) in [5.41, 5.74) is 9.09. The maximum absolute atomic E-state index is 5.75. The van der Waals surface area contributed by atoms with Crippen molar-refractivity contribution in [1.29, 1.82) is 0 Å². The highest BCUT2D eigenvalue weighted by molar-refractivity contribution is 5.58. The van der Waals surface area contributed by atoms with Gasteiger partial charge in [-0.3, -0.25) is 4.68 Å². The van der Waals surface area contributed by atoms with Crippen molar-refractivity contribution in [3.8, 4) is 17.0 Å². The Labute approximate surface area is 162 Å². The molecule has 5 nitrogen and oxygen atoms in total. The second kappa shape index (κ2) is 10.5. The summed E-state index contributed by atoms with van der Waals surface area (Å²) in [5, 5.41) is 8.50. The van der Waals surface area contributed by atoms with Crippen LogP contribution in [0, 0.1) is 6.92 Å². The zero-order valence-corrected chi connectivity index (χ0v) is 16.7. The predicted molar refractivity (Wildman–Crippen MR) is 111 cm³/mol. The minimum absolute atomic E-state index is 0.540. The van der Waals surface area contributed by atoms with Crippen LogP contribution in [0.15, 0.2) is 54.7 Å². The fourth-order valence-electron chi connectivity index (χ4n) is 2.63. The fourth-order valence-corrected chi connectivity index (χ4v) is 2.63. The van der Waals surface area contributed by atoms with Crippen molar-refractivity contribution >= 4 is 0 Å². The molecule has 2 N–H and O–H groups in total. The molecule has 0 saturated heterocycles. The lowest BCUT2D eigenvalue weighted by atomic mass is 10.0. The van der Waals surface area contributed by atoms with Crippen molar-refractivity contribution in [2.45, 2.75) is 39.7 Å². The van der Waals surface area contributed by atoms with Crippen LogP contribution in [-0.4, -0.2) is 28.6 Å². The highest BCUT2D eigenvalue weighted by Gasteiger charge is 2.05. The Hall–Kier alpha value is -2.66. The second-order valence-corrected chi connectivity index (χ2v) is 6.66. The minimum atomic E-state index is 0.540. The second-order valence-electron chi connectivity index (χ2n) is 6.66. The first-order chi connectivity index (χ1) is 13.1. The Morgan fingerprint density at radius 2 is 1.67 bits per heavy atom. The molecule has 0 spiro atoms. The van der Waals surface area contributed by atoms with E-state index in [0.717, 1.165) is 30.0 Å². The van der Waals surface area contributed by atoms with Gasteiger partial charge in [0.2, 0.25) is 0 Å². The predicted octanol–water partition coefficient (Wildman–Crippen LogP) is 4.42. The van der Waals surface area contributed by atoms with Crippen molar-refractivity contribution < 1.29 is 4.74 Å². The lowest BCUT2D eigenvalue weighted by Crippen LogP contribution is -2.05. The number of aryl methyl sites for hydroxylation is 2. The molecule has 3 aromatic rings. The van der Waals surface area contributed by atoms with Gasteiger partial charge in [0.25, 0.3) is 0 Å². The summed E-state index contributed by atoms with van der Waals surface area (Å²) in [4.78, 5) is 0. The average Bonchev–Trinajstić information content (AvgIpc) is 3.17. The zero-order valence-electron chi connectivity index (χ0n) is 16.7. The zero-order chi connectivity index (χ0) is 19.6. The van der Waals surface area contributed by atoms with Crippen LogP contribution in [0.2, 0.25) is 0 Å². The molecule has 0 unspecified atom stereocenters. The van der Waals surface area contributed by atoms with Crippen molar-refractivity contribution in [3.05, 3.63) is 65.9 Å². The summed E-state index contributed by atoms with van der Waals surface area (Å²) in [7, 11) is 1.50. The number of hydrogen-bond donors (Lipinski definition) is 1. The third kappa shape index (κ3) is 6.22. The van der Waals surface area contributed by atoms with Crippen molar-refractivity contribution in [2.24, 2.45) is 5.73 Å². The van der Waals surface area contributed by atoms with E-state index < -0.39 is 0 Å². The van der Waals surface area contributed by atoms with E-state index >= 15 is 0 Å². The van der Waals surface area contributed by atoms with E-state index in [1.54, 1.807) is 0 Å². The quantitative estimate of drug-likeness (QED) is 0.629. The first kappa shape index (κ1) is 20.6. The molecule has 0 atom stereocenters. The lowest BCUT2D eigenvalue weighted by molar-refractivity contribution is 0.298. The van der Waals surface area contributed by atoms with E-state index in [0.29, 0.717) is 12.5 Å². The molecule has 0 saturated carbocycles. The molecule has 5 heteroatoms. The number of aromatic nitrogens is 3. The van der Waals surface area contributed by atoms with E-state index in [-0.39, 0.29) is 0 Å². The van der Waals surface area contributed by atoms with Crippen molar-refractivity contribution in [1.82, 2.24) is 15.0 Å². The Balaban J connectivity index is 0.00000126. The summed E-state index contributed by atoms with van der Waals surface area (Å²) in [6.07, 6.45) is 2.89. The number of rotatable bonds is 7. The molecule has 0 amide bonds. The molecule has 1 aromatic heterocycles. The van der Waals surface area contributed by atoms with E-state index in [1.165, 1.54) is 18.2 Å². The largest absolute Gasteiger partial charge is 0.494 e. The first-order valence-corrected chi connectivity index (χ1v) is 9.39. The van der Waals surface area contributed by atoms with E-state index in [1.807, 2.05) is 23.0 Å². The van der Waals surface area contributed by atoms with Gasteiger partial charge in [-0.1, -0.05) is 61.0 Å². The fraction of sp³-hybridized carbons (Fsp3) is 0.364. The maximum atomic E-state index is 5.75. The standard InChI is InChI=1S/C21H25N3O.CH5N/c1-16(2)18-7-9-19(10-8-18)21-15-24(23-22-21)13-4-14-25-20-11-5-17(3)6-12-20;1-2/h5-12,15-16H,4,13-14H2,1-3H3;2H2,1H3. The molecule has 0 aliphatic carbocycles. The van der Waals surface area contributed by atoms with Crippen LogP contribution in [-0.2, 0) is 6.54 Å². The third-order valence-electron chi connectivity index (χ3n) is 4.23. The summed E-state index contributed by atoms with van der Waals surface area (Å²) >= 11 is 0. The minimum Gasteiger partial charge on any atom is -0.494 e. The number of nitrogens with two attached hydrogens (primary N) is 1. The van der Waals surface area contributed by atoms with Gasteiger partial charge in [0, 0.05) is 18.5 Å². The van der Waals surface area contributed by atoms with Gasteiger partial charge in [-0.15, -0.1) is 5.10 Å². The van der Waals surface area contributed by atoms with Gasteiger partial charge >= 0.3 is 0 Å². The number of benzene rings is 2. The topological polar surface area (TPSA) is 66.0 Å². The SMILES string of the molecule is CN.Cc1ccc(OCCCn2cc(-c3ccc(C(C)C)cc3)nn2)cc1. The molecular formula is C22H30N4O. The Morgan fingerprint density at radius 1 is 1.00 bits per heavy atom. The van der Waals surface area contributed by atoms with Crippen LogP contribution >= 0.6 is 0 Å². The molecule has 0 radical (unpaired) electrons. The third-order valence-corrected chi connectivity index (χ3v) is 4.23. The van der Waals surface area contributed by atoms with Gasteiger partial charge in [0.15, 0.2) is 0 Å². The van der Waals surface area contributed by atoms with E-state index in [9.17, 15) is 0 Å². The molecule has 2 aromatic carbocycles. The van der Waals surface area contributed by atoms with Crippen LogP contribution in [0.1, 0.15) is 37.3 Å². The Morgan fingerprint density at radius 3 is 2.30 bits per heavy atom. The van der Waals surface area contributed by atoms with Gasteiger partial charge in [0.05, 0.1) is 12.8 Å². The average molecular weight is 367 g/mol. The van der Waals surface area contributed by atoms with Crippen LogP contribution in [0.3, 0.4) is 0 Å². The molecule has 0 fully saturated rings. The Kier molecular flexibility index (Phi) is 8.01. The highest BCUT2D eigenvalue weighted by atomic mass is 16.5. The van der Waals surface area contributed by atoms with Crippen LogP contribution in [0.4, 0.5) is 0 Å². The summed E-state index contributed by atoms with van der Waals surface area (Å²) in [5.74, 6) is 1.45.